The number of aromatic amines is 1. The molecule has 2 aromatic heterocycles. The van der Waals surface area contributed by atoms with Crippen LogP contribution in [0.15, 0.2) is 18.3 Å². The molecule has 31 heavy (non-hydrogen) atoms. The number of hydrogen-bond acceptors (Lipinski definition) is 7. The van der Waals surface area contributed by atoms with Crippen LogP contribution in [0.5, 0.6) is 0 Å². The van der Waals surface area contributed by atoms with Crippen molar-refractivity contribution in [1.82, 2.24) is 25.1 Å². The molecule has 0 aromatic carbocycles. The second kappa shape index (κ2) is 9.11. The zero-order chi connectivity index (χ0) is 21.8. The van der Waals surface area contributed by atoms with Gasteiger partial charge in [0.1, 0.15) is 11.4 Å². The van der Waals surface area contributed by atoms with Gasteiger partial charge in [-0.25, -0.2) is 9.78 Å². The zero-order valence-corrected chi connectivity index (χ0v) is 18.6. The van der Waals surface area contributed by atoms with Crippen molar-refractivity contribution in [3.05, 3.63) is 24.0 Å². The van der Waals surface area contributed by atoms with Crippen LogP contribution in [-0.4, -0.2) is 55.9 Å². The maximum atomic E-state index is 12.2. The summed E-state index contributed by atoms with van der Waals surface area (Å²) in [6.45, 7) is 6.96. The second-order valence-electron chi connectivity index (χ2n) is 9.47. The summed E-state index contributed by atoms with van der Waals surface area (Å²) in [5, 5.41) is 14.2. The van der Waals surface area contributed by atoms with Gasteiger partial charge in [0.05, 0.1) is 0 Å². The van der Waals surface area contributed by atoms with Crippen molar-refractivity contribution in [3.8, 4) is 0 Å². The number of nitrogens with zero attached hydrogens (tertiary/aromatic N) is 4. The lowest BCUT2D eigenvalue weighted by molar-refractivity contribution is 0.0210. The fourth-order valence-electron chi connectivity index (χ4n) is 4.19. The second-order valence-corrected chi connectivity index (χ2v) is 9.47. The van der Waals surface area contributed by atoms with Crippen molar-refractivity contribution in [2.24, 2.45) is 0 Å². The fourth-order valence-corrected chi connectivity index (χ4v) is 4.19. The molecule has 9 heteroatoms. The van der Waals surface area contributed by atoms with Gasteiger partial charge < -0.3 is 20.3 Å². The predicted octanol–water partition coefficient (Wildman–Crippen LogP) is 4.41. The molecule has 1 saturated heterocycles. The Morgan fingerprint density at radius 2 is 1.90 bits per heavy atom. The van der Waals surface area contributed by atoms with E-state index in [1.807, 2.05) is 26.8 Å². The number of hydrogen-bond donors (Lipinski definition) is 3. The van der Waals surface area contributed by atoms with Gasteiger partial charge in [0, 0.05) is 43.0 Å². The van der Waals surface area contributed by atoms with Gasteiger partial charge >= 0.3 is 6.09 Å². The van der Waals surface area contributed by atoms with Gasteiger partial charge in [0.15, 0.2) is 5.82 Å². The molecule has 2 aromatic rings. The van der Waals surface area contributed by atoms with Crippen LogP contribution in [0.1, 0.15) is 70.9 Å². The Morgan fingerprint density at radius 3 is 2.61 bits per heavy atom. The van der Waals surface area contributed by atoms with Gasteiger partial charge in [0.25, 0.3) is 0 Å². The molecule has 1 saturated carbocycles. The summed E-state index contributed by atoms with van der Waals surface area (Å²) in [5.74, 6) is 2.65. The van der Waals surface area contributed by atoms with Crippen LogP contribution in [0.3, 0.4) is 0 Å². The summed E-state index contributed by atoms with van der Waals surface area (Å²) in [6, 6.07) is 4.13. The largest absolute Gasteiger partial charge is 0.444 e. The average Bonchev–Trinajstić information content (AvgIpc) is 3.39. The number of aromatic nitrogens is 4. The number of rotatable bonds is 5. The van der Waals surface area contributed by atoms with Crippen LogP contribution in [0, 0.1) is 0 Å². The van der Waals surface area contributed by atoms with Crippen molar-refractivity contribution in [1.29, 1.82) is 0 Å². The third-order valence-electron chi connectivity index (χ3n) is 5.78. The normalized spacial score (nSPS) is 18.2. The Balaban J connectivity index is 1.29. The number of amides is 1. The highest BCUT2D eigenvalue weighted by Gasteiger charge is 2.27. The van der Waals surface area contributed by atoms with E-state index in [0.29, 0.717) is 30.8 Å². The SMILES string of the molecule is CC(C)(C)OC(=O)N1CCC(Nc2nccc(Nc3cc(C4CCCC4)[nH]n3)n2)CC1. The number of piperidine rings is 1. The van der Waals surface area contributed by atoms with Gasteiger partial charge in [-0.15, -0.1) is 0 Å². The van der Waals surface area contributed by atoms with E-state index >= 15 is 0 Å². The van der Waals surface area contributed by atoms with E-state index in [1.54, 1.807) is 11.1 Å². The van der Waals surface area contributed by atoms with Gasteiger partial charge in [-0.1, -0.05) is 12.8 Å². The molecule has 0 bridgehead atoms. The van der Waals surface area contributed by atoms with E-state index in [1.165, 1.54) is 31.4 Å². The van der Waals surface area contributed by atoms with Crippen LogP contribution < -0.4 is 10.6 Å². The molecule has 9 nitrogen and oxygen atoms in total. The summed E-state index contributed by atoms with van der Waals surface area (Å²) in [6.07, 6.45) is 8.19. The highest BCUT2D eigenvalue weighted by atomic mass is 16.6. The number of H-pyrrole nitrogens is 1. The molecule has 0 atom stereocenters. The maximum Gasteiger partial charge on any atom is 0.410 e. The molecule has 0 radical (unpaired) electrons. The van der Waals surface area contributed by atoms with Crippen LogP contribution >= 0.6 is 0 Å². The van der Waals surface area contributed by atoms with E-state index in [-0.39, 0.29) is 12.1 Å². The Hall–Kier alpha value is -2.84. The summed E-state index contributed by atoms with van der Waals surface area (Å²) < 4.78 is 5.46. The molecule has 1 aliphatic heterocycles. The molecule has 1 aliphatic carbocycles. The third-order valence-corrected chi connectivity index (χ3v) is 5.78. The minimum Gasteiger partial charge on any atom is -0.444 e. The van der Waals surface area contributed by atoms with Crippen LogP contribution in [0.2, 0.25) is 0 Å². The highest BCUT2D eigenvalue weighted by Crippen LogP contribution is 2.34. The van der Waals surface area contributed by atoms with Crippen molar-refractivity contribution < 1.29 is 9.53 Å². The van der Waals surface area contributed by atoms with E-state index in [9.17, 15) is 4.79 Å². The quantitative estimate of drug-likeness (QED) is 0.648. The van der Waals surface area contributed by atoms with Crippen LogP contribution in [0.4, 0.5) is 22.4 Å². The van der Waals surface area contributed by atoms with Crippen molar-refractivity contribution in [2.45, 2.75) is 76.9 Å². The fraction of sp³-hybridized carbons (Fsp3) is 0.636. The smallest absolute Gasteiger partial charge is 0.410 e. The minimum absolute atomic E-state index is 0.216. The molecule has 3 N–H and O–H groups in total. The van der Waals surface area contributed by atoms with Gasteiger partial charge in [0.2, 0.25) is 5.95 Å². The molecule has 3 heterocycles. The molecule has 0 spiro atoms. The number of nitrogens with one attached hydrogen (secondary N) is 3. The van der Waals surface area contributed by atoms with Gasteiger partial charge in [-0.05, 0) is 52.5 Å². The number of likely N-dealkylation sites (tertiary alicyclic amines) is 1. The first-order valence-corrected chi connectivity index (χ1v) is 11.3. The van der Waals surface area contributed by atoms with E-state index in [0.717, 1.165) is 18.7 Å². The monoisotopic (exact) mass is 427 g/mol. The lowest BCUT2D eigenvalue weighted by Crippen LogP contribution is -2.44. The van der Waals surface area contributed by atoms with Crippen molar-refractivity contribution in [3.63, 3.8) is 0 Å². The summed E-state index contributed by atoms with van der Waals surface area (Å²) in [5.41, 5.74) is 0.726. The predicted molar refractivity (Wildman–Crippen MR) is 120 cm³/mol. The maximum absolute atomic E-state index is 12.2. The molecule has 1 amide bonds. The first-order valence-electron chi connectivity index (χ1n) is 11.3. The number of carbonyl (C=O) groups is 1. The number of ether oxygens (including phenoxy) is 1. The first kappa shape index (κ1) is 21.4. The molecule has 0 unspecified atom stereocenters. The summed E-state index contributed by atoms with van der Waals surface area (Å²) in [4.78, 5) is 22.9. The average molecular weight is 428 g/mol. The van der Waals surface area contributed by atoms with Gasteiger partial charge in [-0.3, -0.25) is 5.10 Å². The van der Waals surface area contributed by atoms with Gasteiger partial charge in [-0.2, -0.15) is 10.1 Å². The van der Waals surface area contributed by atoms with E-state index in [4.69, 9.17) is 4.74 Å². The topological polar surface area (TPSA) is 108 Å². The Labute approximate surface area is 183 Å². The van der Waals surface area contributed by atoms with Crippen molar-refractivity contribution in [2.75, 3.05) is 23.7 Å². The standard InChI is InChI=1S/C22H33N7O2/c1-22(2,3)31-21(30)29-12-9-16(10-13-29)24-20-23-11-8-18(26-20)25-19-14-17(27-28-19)15-6-4-5-7-15/h8,11,14-16H,4-7,9-10,12-13H2,1-3H3,(H3,23,24,25,26,27,28). The minimum atomic E-state index is -0.473. The zero-order valence-electron chi connectivity index (χ0n) is 18.6. The molecule has 2 fully saturated rings. The first-order chi connectivity index (χ1) is 14.9. The van der Waals surface area contributed by atoms with E-state index < -0.39 is 5.60 Å². The Bertz CT molecular complexity index is 878. The Morgan fingerprint density at radius 1 is 1.16 bits per heavy atom. The summed E-state index contributed by atoms with van der Waals surface area (Å²) in [7, 11) is 0. The molecular weight excluding hydrogens is 394 g/mol. The Kier molecular flexibility index (Phi) is 6.29. The lowest BCUT2D eigenvalue weighted by atomic mass is 10.0. The highest BCUT2D eigenvalue weighted by molar-refractivity contribution is 5.68. The van der Waals surface area contributed by atoms with Crippen LogP contribution in [0.25, 0.3) is 0 Å². The number of carbonyl (C=O) groups excluding carboxylic acids is 1. The molecule has 2 aliphatic rings. The molecule has 4 rings (SSSR count). The molecular formula is C22H33N7O2. The molecule has 168 valence electrons. The van der Waals surface area contributed by atoms with Crippen molar-refractivity contribution >= 4 is 23.7 Å². The summed E-state index contributed by atoms with van der Waals surface area (Å²) >= 11 is 0. The third kappa shape index (κ3) is 5.86. The number of anilines is 3. The van der Waals surface area contributed by atoms with E-state index in [2.05, 4.69) is 36.9 Å². The lowest BCUT2D eigenvalue weighted by Gasteiger charge is -2.33. The van der Waals surface area contributed by atoms with Crippen LogP contribution in [-0.2, 0) is 4.74 Å².